The molecule has 0 amide bonds. The van der Waals surface area contributed by atoms with E-state index in [9.17, 15) is 0 Å². The lowest BCUT2D eigenvalue weighted by Crippen LogP contribution is -2.35. The second-order valence-corrected chi connectivity index (χ2v) is 4.21. The van der Waals surface area contributed by atoms with Gasteiger partial charge < -0.3 is 10.4 Å². The first-order valence-electron chi connectivity index (χ1n) is 5.08. The summed E-state index contributed by atoms with van der Waals surface area (Å²) in [4.78, 5) is 0. The van der Waals surface area contributed by atoms with E-state index in [0.717, 1.165) is 12.5 Å². The fourth-order valence-electron chi connectivity index (χ4n) is 1.87. The Labute approximate surface area is 75.4 Å². The number of nitrogens with one attached hydrogen (secondary N) is 1. The summed E-state index contributed by atoms with van der Waals surface area (Å²) in [5.41, 5.74) is 0. The molecule has 12 heavy (non-hydrogen) atoms. The van der Waals surface area contributed by atoms with E-state index in [-0.39, 0.29) is 0 Å². The fraction of sp³-hybridized carbons (Fsp3) is 1.00. The van der Waals surface area contributed by atoms with Crippen LogP contribution < -0.4 is 5.32 Å². The molecule has 0 radical (unpaired) electrons. The molecule has 2 nitrogen and oxygen atoms in total. The van der Waals surface area contributed by atoms with E-state index in [1.54, 1.807) is 0 Å². The summed E-state index contributed by atoms with van der Waals surface area (Å²) in [6, 6.07) is 0.707. The van der Waals surface area contributed by atoms with Gasteiger partial charge in [0.1, 0.15) is 0 Å². The Morgan fingerprint density at radius 2 is 2.25 bits per heavy atom. The lowest BCUT2D eigenvalue weighted by molar-refractivity contribution is 0.227. The maximum Gasteiger partial charge on any atom is 0.0468 e. The van der Waals surface area contributed by atoms with Crippen LogP contribution in [-0.4, -0.2) is 24.3 Å². The molecule has 1 saturated carbocycles. The van der Waals surface area contributed by atoms with Crippen LogP contribution in [0, 0.1) is 11.8 Å². The lowest BCUT2D eigenvalue weighted by Gasteiger charge is -2.19. The molecule has 1 aliphatic rings. The van der Waals surface area contributed by atoms with Crippen LogP contribution in [0.15, 0.2) is 0 Å². The van der Waals surface area contributed by atoms with Gasteiger partial charge in [0, 0.05) is 19.2 Å². The van der Waals surface area contributed by atoms with Gasteiger partial charge in [0.15, 0.2) is 0 Å². The molecule has 0 aromatic heterocycles. The van der Waals surface area contributed by atoms with Crippen LogP contribution in [0.2, 0.25) is 0 Å². The Hall–Kier alpha value is -0.0800. The van der Waals surface area contributed by atoms with Gasteiger partial charge in [-0.3, -0.25) is 0 Å². The minimum absolute atomic E-state index is 0.300. The zero-order chi connectivity index (χ0) is 8.97. The number of hydrogen-bond acceptors (Lipinski definition) is 2. The van der Waals surface area contributed by atoms with E-state index < -0.39 is 0 Å². The van der Waals surface area contributed by atoms with Crippen molar-refractivity contribution in [2.75, 3.05) is 13.2 Å². The number of aliphatic hydroxyl groups excluding tert-OH is 1. The molecular weight excluding hydrogens is 150 g/mol. The first kappa shape index (κ1) is 10.0. The summed E-state index contributed by atoms with van der Waals surface area (Å²) in [5.74, 6) is 1.23. The van der Waals surface area contributed by atoms with Crippen molar-refractivity contribution < 1.29 is 5.11 Å². The van der Waals surface area contributed by atoms with Gasteiger partial charge in [-0.2, -0.15) is 0 Å². The van der Waals surface area contributed by atoms with Crippen LogP contribution in [0.3, 0.4) is 0 Å². The summed E-state index contributed by atoms with van der Waals surface area (Å²) >= 11 is 0. The van der Waals surface area contributed by atoms with Gasteiger partial charge in [0.05, 0.1) is 0 Å². The standard InChI is InChI=1S/C10H21NO/c1-8(7-12)6-11-10-5-3-4-9(10)2/h8-12H,3-7H2,1-2H3. The lowest BCUT2D eigenvalue weighted by atomic mass is 10.1. The monoisotopic (exact) mass is 171 g/mol. The van der Waals surface area contributed by atoms with E-state index in [1.165, 1.54) is 19.3 Å². The zero-order valence-corrected chi connectivity index (χ0v) is 8.21. The second kappa shape index (κ2) is 4.83. The van der Waals surface area contributed by atoms with E-state index in [4.69, 9.17) is 5.11 Å². The van der Waals surface area contributed by atoms with Crippen molar-refractivity contribution in [2.45, 2.75) is 39.2 Å². The molecule has 0 aliphatic heterocycles. The van der Waals surface area contributed by atoms with Crippen LogP contribution in [0.5, 0.6) is 0 Å². The first-order chi connectivity index (χ1) is 5.74. The molecule has 0 bridgehead atoms. The Morgan fingerprint density at radius 3 is 2.75 bits per heavy atom. The largest absolute Gasteiger partial charge is 0.396 e. The maximum absolute atomic E-state index is 8.83. The van der Waals surface area contributed by atoms with Crippen LogP contribution in [0.4, 0.5) is 0 Å². The van der Waals surface area contributed by atoms with Crippen LogP contribution in [0.1, 0.15) is 33.1 Å². The third kappa shape index (κ3) is 2.76. The topological polar surface area (TPSA) is 32.3 Å². The van der Waals surface area contributed by atoms with Crippen molar-refractivity contribution in [3.63, 3.8) is 0 Å². The molecule has 0 heterocycles. The van der Waals surface area contributed by atoms with Crippen LogP contribution >= 0.6 is 0 Å². The highest BCUT2D eigenvalue weighted by Crippen LogP contribution is 2.24. The molecule has 0 aromatic carbocycles. The molecule has 2 heteroatoms. The molecule has 72 valence electrons. The van der Waals surface area contributed by atoms with Gasteiger partial charge >= 0.3 is 0 Å². The molecule has 2 N–H and O–H groups in total. The first-order valence-corrected chi connectivity index (χ1v) is 5.08. The van der Waals surface area contributed by atoms with Gasteiger partial charge in [0.25, 0.3) is 0 Å². The fourth-order valence-corrected chi connectivity index (χ4v) is 1.87. The molecule has 1 fully saturated rings. The Morgan fingerprint density at radius 1 is 1.50 bits per heavy atom. The van der Waals surface area contributed by atoms with Gasteiger partial charge in [-0.15, -0.1) is 0 Å². The predicted molar refractivity (Wildman–Crippen MR) is 51.1 cm³/mol. The number of aliphatic hydroxyl groups is 1. The Bertz CT molecular complexity index is 127. The molecule has 0 aromatic rings. The van der Waals surface area contributed by atoms with Gasteiger partial charge in [-0.1, -0.05) is 20.3 Å². The average Bonchev–Trinajstić information content (AvgIpc) is 2.47. The molecular formula is C10H21NO. The molecule has 0 spiro atoms. The molecule has 1 aliphatic carbocycles. The quantitative estimate of drug-likeness (QED) is 0.670. The van der Waals surface area contributed by atoms with Crippen molar-refractivity contribution >= 4 is 0 Å². The third-order valence-electron chi connectivity index (χ3n) is 2.90. The molecule has 3 unspecified atom stereocenters. The Balaban J connectivity index is 2.13. The van der Waals surface area contributed by atoms with Crippen molar-refractivity contribution in [3.8, 4) is 0 Å². The van der Waals surface area contributed by atoms with Gasteiger partial charge in [-0.05, 0) is 24.7 Å². The van der Waals surface area contributed by atoms with Crippen molar-refractivity contribution in [2.24, 2.45) is 11.8 Å². The summed E-state index contributed by atoms with van der Waals surface area (Å²) in [6.07, 6.45) is 4.05. The van der Waals surface area contributed by atoms with Crippen LogP contribution in [0.25, 0.3) is 0 Å². The Kier molecular flexibility index (Phi) is 4.02. The van der Waals surface area contributed by atoms with Crippen molar-refractivity contribution in [1.29, 1.82) is 0 Å². The van der Waals surface area contributed by atoms with E-state index in [2.05, 4.69) is 19.2 Å². The van der Waals surface area contributed by atoms with E-state index >= 15 is 0 Å². The maximum atomic E-state index is 8.83. The number of rotatable bonds is 4. The predicted octanol–water partition coefficient (Wildman–Crippen LogP) is 1.39. The summed E-state index contributed by atoms with van der Waals surface area (Å²) in [6.45, 7) is 5.65. The van der Waals surface area contributed by atoms with Gasteiger partial charge in [0.2, 0.25) is 0 Å². The highest BCUT2D eigenvalue weighted by Gasteiger charge is 2.22. The minimum atomic E-state index is 0.300. The summed E-state index contributed by atoms with van der Waals surface area (Å²) in [7, 11) is 0. The molecule has 0 saturated heterocycles. The van der Waals surface area contributed by atoms with E-state index in [0.29, 0.717) is 18.6 Å². The molecule has 3 atom stereocenters. The minimum Gasteiger partial charge on any atom is -0.396 e. The SMILES string of the molecule is CC(CO)CNC1CCCC1C. The average molecular weight is 171 g/mol. The van der Waals surface area contributed by atoms with Crippen LogP contribution in [-0.2, 0) is 0 Å². The molecule has 1 rings (SSSR count). The summed E-state index contributed by atoms with van der Waals surface area (Å²) < 4.78 is 0. The zero-order valence-electron chi connectivity index (χ0n) is 8.21. The van der Waals surface area contributed by atoms with Gasteiger partial charge in [-0.25, -0.2) is 0 Å². The second-order valence-electron chi connectivity index (χ2n) is 4.21. The van der Waals surface area contributed by atoms with E-state index in [1.807, 2.05) is 0 Å². The normalized spacial score (nSPS) is 32.2. The van der Waals surface area contributed by atoms with Crippen molar-refractivity contribution in [3.05, 3.63) is 0 Å². The highest BCUT2D eigenvalue weighted by atomic mass is 16.3. The third-order valence-corrected chi connectivity index (χ3v) is 2.90. The summed E-state index contributed by atoms with van der Waals surface area (Å²) in [5, 5.41) is 12.4. The number of hydrogen-bond donors (Lipinski definition) is 2. The highest BCUT2D eigenvalue weighted by molar-refractivity contribution is 4.80. The smallest absolute Gasteiger partial charge is 0.0468 e. The van der Waals surface area contributed by atoms with Crippen molar-refractivity contribution in [1.82, 2.24) is 5.32 Å².